The summed E-state index contributed by atoms with van der Waals surface area (Å²) in [5, 5.41) is 11.1. The molecule has 0 saturated carbocycles. The maximum absolute atomic E-state index is 13.2. The molecule has 2 aromatic carbocycles. The average Bonchev–Trinajstić information content (AvgIpc) is 2.92. The number of fused-ring (bicyclic) bond motifs is 1. The van der Waals surface area contributed by atoms with E-state index in [9.17, 15) is 22.3 Å². The summed E-state index contributed by atoms with van der Waals surface area (Å²) in [6, 6.07) is 9.18. The van der Waals surface area contributed by atoms with Crippen molar-refractivity contribution in [1.29, 1.82) is 0 Å². The molecule has 1 atom stereocenters. The number of nitrogens with one attached hydrogen (secondary N) is 1. The first kappa shape index (κ1) is 17.5. The molecule has 25 heavy (non-hydrogen) atoms. The van der Waals surface area contributed by atoms with E-state index >= 15 is 0 Å². The fraction of sp³-hybridized carbons (Fsp3) is 0.176. The van der Waals surface area contributed by atoms with Gasteiger partial charge in [0, 0.05) is 31.4 Å². The van der Waals surface area contributed by atoms with Crippen LogP contribution >= 0.6 is 0 Å². The molecule has 5 nitrogen and oxygen atoms in total. The molecule has 0 bridgehead atoms. The van der Waals surface area contributed by atoms with Crippen molar-refractivity contribution in [2.75, 3.05) is 6.54 Å². The van der Waals surface area contributed by atoms with Gasteiger partial charge in [-0.1, -0.05) is 6.07 Å². The monoisotopic (exact) mass is 366 g/mol. The zero-order valence-corrected chi connectivity index (χ0v) is 14.1. The number of aliphatic hydroxyl groups excluding tert-OH is 1. The molecule has 0 aliphatic heterocycles. The molecule has 1 heterocycles. The largest absolute Gasteiger partial charge is 0.387 e. The Morgan fingerprint density at radius 1 is 1.12 bits per heavy atom. The number of hydrogen-bond acceptors (Lipinski definition) is 3. The number of aryl methyl sites for hydroxylation is 1. The second-order valence-electron chi connectivity index (χ2n) is 5.72. The van der Waals surface area contributed by atoms with Crippen LogP contribution in [-0.4, -0.2) is 24.6 Å². The fourth-order valence-corrected chi connectivity index (χ4v) is 3.66. The van der Waals surface area contributed by atoms with Gasteiger partial charge in [0.1, 0.15) is 11.6 Å². The van der Waals surface area contributed by atoms with Crippen LogP contribution in [0.3, 0.4) is 0 Å². The zero-order chi connectivity index (χ0) is 18.2. The molecule has 0 aliphatic carbocycles. The Morgan fingerprint density at radius 3 is 2.48 bits per heavy atom. The molecular formula is C17H16F2N2O3S. The van der Waals surface area contributed by atoms with Gasteiger partial charge in [-0.15, -0.1) is 0 Å². The quantitative estimate of drug-likeness (QED) is 0.729. The van der Waals surface area contributed by atoms with E-state index in [1.54, 1.807) is 12.1 Å². The number of benzene rings is 2. The van der Waals surface area contributed by atoms with Crippen molar-refractivity contribution in [2.45, 2.75) is 11.0 Å². The summed E-state index contributed by atoms with van der Waals surface area (Å²) in [5.74, 6) is -1.98. The first-order valence-electron chi connectivity index (χ1n) is 7.45. The molecule has 0 spiro atoms. The van der Waals surface area contributed by atoms with Crippen molar-refractivity contribution in [1.82, 2.24) is 9.29 Å². The Morgan fingerprint density at radius 2 is 1.80 bits per heavy atom. The minimum absolute atomic E-state index is 0.321. The lowest BCUT2D eigenvalue weighted by Gasteiger charge is -2.13. The third-order valence-corrected chi connectivity index (χ3v) is 5.31. The van der Waals surface area contributed by atoms with Crippen molar-refractivity contribution in [3.8, 4) is 0 Å². The Labute approximate surface area is 143 Å². The minimum atomic E-state index is -4.14. The van der Waals surface area contributed by atoms with Gasteiger partial charge in [-0.3, -0.25) is 0 Å². The highest BCUT2D eigenvalue weighted by molar-refractivity contribution is 7.89. The standard InChI is InChI=1S/C17H16F2N2O3S/c1-21-5-4-11-6-12(2-3-16(11)21)17(22)10-20-25(23,24)15-8-13(18)7-14(19)9-15/h2-9,17,20,22H,10H2,1H3. The van der Waals surface area contributed by atoms with Crippen molar-refractivity contribution < 1.29 is 22.3 Å². The molecule has 0 radical (unpaired) electrons. The SMILES string of the molecule is Cn1ccc2cc(C(O)CNS(=O)(=O)c3cc(F)cc(F)c3)ccc21. The summed E-state index contributed by atoms with van der Waals surface area (Å²) in [5.41, 5.74) is 1.51. The summed E-state index contributed by atoms with van der Waals surface area (Å²) in [6.45, 7) is -0.321. The summed E-state index contributed by atoms with van der Waals surface area (Å²) in [7, 11) is -2.25. The molecule has 0 fully saturated rings. The predicted octanol–water partition coefficient (Wildman–Crippen LogP) is 2.47. The Kier molecular flexibility index (Phi) is 4.59. The van der Waals surface area contributed by atoms with Gasteiger partial charge < -0.3 is 9.67 Å². The highest BCUT2D eigenvalue weighted by Crippen LogP contribution is 2.21. The topological polar surface area (TPSA) is 71.3 Å². The molecule has 132 valence electrons. The van der Waals surface area contributed by atoms with Crippen molar-refractivity contribution in [3.63, 3.8) is 0 Å². The molecule has 0 saturated heterocycles. The smallest absolute Gasteiger partial charge is 0.240 e. The second kappa shape index (κ2) is 6.55. The van der Waals surface area contributed by atoms with E-state index in [2.05, 4.69) is 4.72 Å². The van der Waals surface area contributed by atoms with Gasteiger partial charge in [0.2, 0.25) is 10.0 Å². The second-order valence-corrected chi connectivity index (χ2v) is 7.48. The molecule has 0 aliphatic rings. The van der Waals surface area contributed by atoms with Crippen LogP contribution in [0.5, 0.6) is 0 Å². The van der Waals surface area contributed by atoms with E-state index in [1.165, 1.54) is 0 Å². The first-order chi connectivity index (χ1) is 11.8. The minimum Gasteiger partial charge on any atom is -0.387 e. The molecule has 1 aromatic heterocycles. The molecular weight excluding hydrogens is 350 g/mol. The van der Waals surface area contributed by atoms with Crippen LogP contribution < -0.4 is 4.72 Å². The highest BCUT2D eigenvalue weighted by atomic mass is 32.2. The lowest BCUT2D eigenvalue weighted by Crippen LogP contribution is -2.28. The summed E-state index contributed by atoms with van der Waals surface area (Å²) < 4.78 is 54.7. The van der Waals surface area contributed by atoms with Gasteiger partial charge in [0.25, 0.3) is 0 Å². The Hall–Kier alpha value is -2.29. The van der Waals surface area contributed by atoms with Gasteiger partial charge in [0.05, 0.1) is 11.0 Å². The van der Waals surface area contributed by atoms with Crippen LogP contribution in [0.2, 0.25) is 0 Å². The number of aromatic nitrogens is 1. The first-order valence-corrected chi connectivity index (χ1v) is 8.93. The van der Waals surface area contributed by atoms with Crippen LogP contribution in [-0.2, 0) is 17.1 Å². The molecule has 1 unspecified atom stereocenters. The maximum atomic E-state index is 13.2. The van der Waals surface area contributed by atoms with Crippen LogP contribution in [0.15, 0.2) is 53.6 Å². The fourth-order valence-electron chi connectivity index (χ4n) is 2.58. The van der Waals surface area contributed by atoms with Gasteiger partial charge >= 0.3 is 0 Å². The summed E-state index contributed by atoms with van der Waals surface area (Å²) >= 11 is 0. The number of nitrogens with zero attached hydrogens (tertiary/aromatic N) is 1. The third kappa shape index (κ3) is 3.71. The highest BCUT2D eigenvalue weighted by Gasteiger charge is 2.19. The lowest BCUT2D eigenvalue weighted by molar-refractivity contribution is 0.182. The molecule has 0 amide bonds. The average molecular weight is 366 g/mol. The van der Waals surface area contributed by atoms with Crippen LogP contribution in [0.25, 0.3) is 10.9 Å². The summed E-state index contributed by atoms with van der Waals surface area (Å²) in [4.78, 5) is -0.532. The van der Waals surface area contributed by atoms with Gasteiger partial charge in [0.15, 0.2) is 0 Å². The lowest BCUT2D eigenvalue weighted by atomic mass is 10.1. The Balaban J connectivity index is 1.76. The van der Waals surface area contributed by atoms with Crippen LogP contribution in [0.1, 0.15) is 11.7 Å². The number of rotatable bonds is 5. The van der Waals surface area contributed by atoms with Gasteiger partial charge in [-0.2, -0.15) is 0 Å². The summed E-state index contributed by atoms with van der Waals surface area (Å²) in [6.07, 6.45) is 0.778. The van der Waals surface area contributed by atoms with Crippen LogP contribution in [0.4, 0.5) is 8.78 Å². The van der Waals surface area contributed by atoms with Gasteiger partial charge in [-0.25, -0.2) is 21.9 Å². The molecule has 2 N–H and O–H groups in total. The number of aliphatic hydroxyl groups is 1. The number of halogens is 2. The molecule has 3 aromatic rings. The number of hydrogen-bond donors (Lipinski definition) is 2. The van der Waals surface area contributed by atoms with Crippen molar-refractivity contribution in [2.24, 2.45) is 7.05 Å². The maximum Gasteiger partial charge on any atom is 0.240 e. The molecule has 3 rings (SSSR count). The van der Waals surface area contributed by atoms with Crippen molar-refractivity contribution >= 4 is 20.9 Å². The Bertz CT molecular complexity index is 1010. The van der Waals surface area contributed by atoms with E-state index in [-0.39, 0.29) is 6.54 Å². The number of sulfonamides is 1. The van der Waals surface area contributed by atoms with E-state index in [4.69, 9.17) is 0 Å². The van der Waals surface area contributed by atoms with E-state index in [1.807, 2.05) is 29.9 Å². The third-order valence-electron chi connectivity index (χ3n) is 3.91. The van der Waals surface area contributed by atoms with E-state index in [0.717, 1.165) is 10.9 Å². The zero-order valence-electron chi connectivity index (χ0n) is 13.3. The van der Waals surface area contributed by atoms with Gasteiger partial charge in [-0.05, 0) is 41.3 Å². The predicted molar refractivity (Wildman–Crippen MR) is 89.4 cm³/mol. The molecule has 8 heteroatoms. The van der Waals surface area contributed by atoms with E-state index < -0.39 is 32.7 Å². The van der Waals surface area contributed by atoms with E-state index in [0.29, 0.717) is 23.8 Å². The normalized spacial score (nSPS) is 13.3. The van der Waals surface area contributed by atoms with Crippen LogP contribution in [0, 0.1) is 11.6 Å². The van der Waals surface area contributed by atoms with Crippen molar-refractivity contribution in [3.05, 3.63) is 65.9 Å².